The number of esters is 1. The standard InChI is InChI=1S/C11H15BrNO5P/c1-11(12,19(15,16)17)18-10(14)9(13)7-8-5-3-2-4-6-8/h2-6,9H,7,13H2,1H3,(H2,15,16,17)/t9-,11?/m0/s1. The minimum Gasteiger partial charge on any atom is -0.434 e. The number of alkyl halides is 1. The minimum atomic E-state index is -4.63. The number of hydrogen-bond donors (Lipinski definition) is 3. The average Bonchev–Trinajstić information content (AvgIpc) is 2.28. The van der Waals surface area contributed by atoms with E-state index in [4.69, 9.17) is 20.3 Å². The van der Waals surface area contributed by atoms with E-state index in [2.05, 4.69) is 15.9 Å². The van der Waals surface area contributed by atoms with E-state index in [-0.39, 0.29) is 6.42 Å². The fourth-order valence-corrected chi connectivity index (χ4v) is 1.64. The summed E-state index contributed by atoms with van der Waals surface area (Å²) in [6.45, 7) is 1.07. The van der Waals surface area contributed by atoms with E-state index >= 15 is 0 Å². The maximum Gasteiger partial charge on any atom is 0.379 e. The van der Waals surface area contributed by atoms with Crippen molar-refractivity contribution in [1.29, 1.82) is 0 Å². The van der Waals surface area contributed by atoms with Crippen molar-refractivity contribution in [2.24, 2.45) is 5.73 Å². The van der Waals surface area contributed by atoms with Crippen LogP contribution in [-0.2, 0) is 20.5 Å². The number of carbonyl (C=O) groups is 1. The molecule has 8 heteroatoms. The molecule has 0 spiro atoms. The van der Waals surface area contributed by atoms with Gasteiger partial charge in [0.05, 0.1) is 0 Å². The fourth-order valence-electron chi connectivity index (χ4n) is 1.27. The smallest absolute Gasteiger partial charge is 0.379 e. The summed E-state index contributed by atoms with van der Waals surface area (Å²) >= 11 is 2.70. The molecule has 1 unspecified atom stereocenters. The zero-order valence-electron chi connectivity index (χ0n) is 10.2. The molecule has 4 N–H and O–H groups in total. The van der Waals surface area contributed by atoms with E-state index < -0.39 is 23.9 Å². The molecular formula is C11H15BrNO5P. The van der Waals surface area contributed by atoms with Crippen molar-refractivity contribution in [1.82, 2.24) is 0 Å². The number of nitrogens with two attached hydrogens (primary N) is 1. The third-order valence-corrected chi connectivity index (χ3v) is 5.09. The first-order chi connectivity index (χ1) is 8.63. The Hall–Kier alpha value is -0.720. The van der Waals surface area contributed by atoms with Crippen molar-refractivity contribution < 1.29 is 23.9 Å². The molecule has 6 nitrogen and oxygen atoms in total. The van der Waals surface area contributed by atoms with Crippen LogP contribution in [0.25, 0.3) is 0 Å². The summed E-state index contributed by atoms with van der Waals surface area (Å²) in [6.07, 6.45) is 0.226. The number of halogens is 1. The van der Waals surface area contributed by atoms with Gasteiger partial charge in [0.1, 0.15) is 6.04 Å². The monoisotopic (exact) mass is 351 g/mol. The highest BCUT2D eigenvalue weighted by atomic mass is 79.9. The Bertz CT molecular complexity index is 487. The number of rotatable bonds is 5. The lowest BCUT2D eigenvalue weighted by Crippen LogP contribution is -2.38. The summed E-state index contributed by atoms with van der Waals surface area (Å²) in [6, 6.07) is 8.03. The van der Waals surface area contributed by atoms with Crippen LogP contribution in [0.5, 0.6) is 0 Å². The summed E-state index contributed by atoms with van der Waals surface area (Å²) in [5.41, 5.74) is 6.48. The van der Waals surface area contributed by atoms with Crippen LogP contribution in [0.2, 0.25) is 0 Å². The molecule has 1 aromatic rings. The third-order valence-electron chi connectivity index (χ3n) is 2.41. The molecular weight excluding hydrogens is 337 g/mol. The second-order valence-corrected chi connectivity index (χ2v) is 8.20. The SMILES string of the molecule is CC(Br)(OC(=O)[C@@H](N)Cc1ccccc1)P(=O)(O)O. The van der Waals surface area contributed by atoms with Crippen molar-refractivity contribution in [3.05, 3.63) is 35.9 Å². The second-order valence-electron chi connectivity index (χ2n) is 4.13. The van der Waals surface area contributed by atoms with Gasteiger partial charge in [0.15, 0.2) is 0 Å². The summed E-state index contributed by atoms with van der Waals surface area (Å²) in [4.78, 5) is 29.7. The molecule has 0 heterocycles. The van der Waals surface area contributed by atoms with Gasteiger partial charge in [0.25, 0.3) is 4.25 Å². The zero-order chi connectivity index (χ0) is 14.7. The van der Waals surface area contributed by atoms with E-state index in [9.17, 15) is 9.36 Å². The molecule has 0 amide bonds. The van der Waals surface area contributed by atoms with Crippen LogP contribution < -0.4 is 5.73 Å². The summed E-state index contributed by atoms with van der Waals surface area (Å²) in [5.74, 6) is -0.883. The predicted octanol–water partition coefficient (Wildman–Crippen LogP) is 1.35. The molecule has 1 rings (SSSR count). The molecule has 0 aliphatic rings. The maximum absolute atomic E-state index is 11.7. The Morgan fingerprint density at radius 1 is 1.47 bits per heavy atom. The topological polar surface area (TPSA) is 110 Å². The molecule has 2 atom stereocenters. The molecule has 1 aromatic carbocycles. The van der Waals surface area contributed by atoms with Gasteiger partial charge in [0.2, 0.25) is 0 Å². The van der Waals surface area contributed by atoms with Gasteiger partial charge in [-0.05, 0) is 34.8 Å². The molecule has 0 aliphatic carbocycles. The van der Waals surface area contributed by atoms with E-state index in [0.717, 1.165) is 12.5 Å². The molecule has 0 radical (unpaired) electrons. The second kappa shape index (κ2) is 6.15. The maximum atomic E-state index is 11.7. The van der Waals surface area contributed by atoms with Crippen LogP contribution in [-0.4, -0.2) is 26.0 Å². The zero-order valence-corrected chi connectivity index (χ0v) is 12.7. The lowest BCUT2D eigenvalue weighted by atomic mass is 10.1. The number of ether oxygens (including phenoxy) is 1. The first kappa shape index (κ1) is 16.3. The normalized spacial score (nSPS) is 16.5. The number of hydrogen-bond acceptors (Lipinski definition) is 4. The molecule has 0 bridgehead atoms. The molecule has 0 fully saturated rings. The molecule has 19 heavy (non-hydrogen) atoms. The lowest BCUT2D eigenvalue weighted by Gasteiger charge is -2.25. The van der Waals surface area contributed by atoms with Crippen LogP contribution >= 0.6 is 23.5 Å². The van der Waals surface area contributed by atoms with Gasteiger partial charge in [-0.2, -0.15) is 0 Å². The Morgan fingerprint density at radius 3 is 2.47 bits per heavy atom. The van der Waals surface area contributed by atoms with E-state index in [1.165, 1.54) is 0 Å². The lowest BCUT2D eigenvalue weighted by molar-refractivity contribution is -0.148. The summed E-state index contributed by atoms with van der Waals surface area (Å²) < 4.78 is 13.8. The predicted molar refractivity (Wildman–Crippen MR) is 73.6 cm³/mol. The Kier molecular flexibility index (Phi) is 5.29. The van der Waals surface area contributed by atoms with Crippen molar-refractivity contribution >= 4 is 29.5 Å². The first-order valence-corrected chi connectivity index (χ1v) is 7.81. The highest BCUT2D eigenvalue weighted by molar-refractivity contribution is 9.11. The number of carbonyl (C=O) groups excluding carboxylic acids is 1. The van der Waals surface area contributed by atoms with Crippen molar-refractivity contribution in [3.8, 4) is 0 Å². The Labute approximate surface area is 119 Å². The number of benzene rings is 1. The van der Waals surface area contributed by atoms with Gasteiger partial charge in [-0.1, -0.05) is 30.3 Å². The van der Waals surface area contributed by atoms with Crippen LogP contribution in [0.3, 0.4) is 0 Å². The van der Waals surface area contributed by atoms with Crippen LogP contribution in [0.15, 0.2) is 30.3 Å². The van der Waals surface area contributed by atoms with Crippen molar-refractivity contribution in [2.45, 2.75) is 23.6 Å². The van der Waals surface area contributed by atoms with E-state index in [0.29, 0.717) is 0 Å². The van der Waals surface area contributed by atoms with Crippen LogP contribution in [0.4, 0.5) is 0 Å². The van der Waals surface area contributed by atoms with Crippen LogP contribution in [0, 0.1) is 0 Å². The summed E-state index contributed by atoms with van der Waals surface area (Å²) in [7, 11) is -4.63. The molecule has 106 valence electrons. The van der Waals surface area contributed by atoms with E-state index in [1.54, 1.807) is 24.3 Å². The third kappa shape index (κ3) is 4.71. The Morgan fingerprint density at radius 2 is 2.00 bits per heavy atom. The Balaban J connectivity index is 2.66. The minimum absolute atomic E-state index is 0.226. The first-order valence-electron chi connectivity index (χ1n) is 5.40. The van der Waals surface area contributed by atoms with E-state index in [1.807, 2.05) is 6.07 Å². The average molecular weight is 352 g/mol. The van der Waals surface area contributed by atoms with Gasteiger partial charge in [0, 0.05) is 0 Å². The van der Waals surface area contributed by atoms with Crippen molar-refractivity contribution in [2.75, 3.05) is 0 Å². The summed E-state index contributed by atoms with van der Waals surface area (Å²) in [5, 5.41) is 0. The van der Waals surface area contributed by atoms with Crippen LogP contribution in [0.1, 0.15) is 12.5 Å². The highest BCUT2D eigenvalue weighted by Gasteiger charge is 2.44. The highest BCUT2D eigenvalue weighted by Crippen LogP contribution is 2.55. The quantitative estimate of drug-likeness (QED) is 0.419. The van der Waals surface area contributed by atoms with Gasteiger partial charge in [-0.25, -0.2) is 0 Å². The molecule has 0 saturated heterocycles. The fraction of sp³-hybridized carbons (Fsp3) is 0.364. The molecule has 0 aromatic heterocycles. The van der Waals surface area contributed by atoms with Gasteiger partial charge in [-0.15, -0.1) is 0 Å². The van der Waals surface area contributed by atoms with Gasteiger partial charge < -0.3 is 20.3 Å². The van der Waals surface area contributed by atoms with Gasteiger partial charge >= 0.3 is 13.6 Å². The molecule has 0 saturated carbocycles. The largest absolute Gasteiger partial charge is 0.434 e. The molecule has 0 aliphatic heterocycles. The van der Waals surface area contributed by atoms with Crippen molar-refractivity contribution in [3.63, 3.8) is 0 Å². The van der Waals surface area contributed by atoms with Gasteiger partial charge in [-0.3, -0.25) is 9.36 Å².